The van der Waals surface area contributed by atoms with Crippen molar-refractivity contribution in [3.8, 4) is 17.6 Å². The predicted octanol–water partition coefficient (Wildman–Crippen LogP) is 5.36. The number of hydrogen-bond acceptors (Lipinski definition) is 5. The van der Waals surface area contributed by atoms with E-state index in [-0.39, 0.29) is 11.0 Å². The Bertz CT molecular complexity index is 1070. The number of nitriles is 1. The van der Waals surface area contributed by atoms with Crippen LogP contribution in [0.4, 0.5) is 0 Å². The highest BCUT2D eigenvalue weighted by molar-refractivity contribution is 6.33. The Hall–Kier alpha value is -2.52. The maximum atomic E-state index is 9.22. The second-order valence-electron chi connectivity index (χ2n) is 8.42. The maximum absolute atomic E-state index is 9.22. The normalized spacial score (nSPS) is 19.6. The highest BCUT2D eigenvalue weighted by Gasteiger charge is 2.24. The monoisotopic (exact) mass is 408 g/mol. The van der Waals surface area contributed by atoms with Gasteiger partial charge in [0.1, 0.15) is 17.3 Å². The van der Waals surface area contributed by atoms with Gasteiger partial charge < -0.3 is 4.57 Å². The first kappa shape index (κ1) is 19.8. The van der Waals surface area contributed by atoms with Gasteiger partial charge in [0.15, 0.2) is 16.6 Å². The third-order valence-electron chi connectivity index (χ3n) is 5.92. The average Bonchev–Trinajstić information content (AvgIpc) is 3.08. The zero-order chi connectivity index (χ0) is 20.5. The molecule has 1 fully saturated rings. The Balaban J connectivity index is 1.85. The largest absolute Gasteiger partial charge is 0.318 e. The van der Waals surface area contributed by atoms with E-state index < -0.39 is 0 Å². The molecule has 7 heteroatoms. The van der Waals surface area contributed by atoms with Gasteiger partial charge in [-0.2, -0.15) is 10.2 Å². The molecular formula is C22H25ClN6. The van der Waals surface area contributed by atoms with Crippen molar-refractivity contribution in [1.29, 1.82) is 5.26 Å². The highest BCUT2D eigenvalue weighted by atomic mass is 35.5. The van der Waals surface area contributed by atoms with E-state index in [1.807, 2.05) is 18.3 Å². The minimum absolute atomic E-state index is 0.0362. The van der Waals surface area contributed by atoms with Gasteiger partial charge in [0.05, 0.1) is 0 Å². The summed E-state index contributed by atoms with van der Waals surface area (Å²) in [6, 6.07) is 6.08. The third-order valence-corrected chi connectivity index (χ3v) is 6.18. The minimum atomic E-state index is 0.0362. The number of halogens is 1. The Morgan fingerprint density at radius 1 is 1.21 bits per heavy atom. The number of aromatic nitrogens is 5. The summed E-state index contributed by atoms with van der Waals surface area (Å²) in [4.78, 5) is 17.8. The van der Waals surface area contributed by atoms with Gasteiger partial charge in [-0.05, 0) is 48.3 Å². The molecule has 0 bridgehead atoms. The Morgan fingerprint density at radius 3 is 2.66 bits per heavy atom. The van der Waals surface area contributed by atoms with Crippen LogP contribution in [0, 0.1) is 23.2 Å². The molecule has 29 heavy (non-hydrogen) atoms. The molecule has 0 N–H and O–H groups in total. The lowest BCUT2D eigenvalue weighted by molar-refractivity contribution is 0.267. The van der Waals surface area contributed by atoms with Gasteiger partial charge in [0, 0.05) is 12.7 Å². The van der Waals surface area contributed by atoms with Crippen LogP contribution in [0.25, 0.3) is 22.7 Å². The molecule has 4 rings (SSSR count). The van der Waals surface area contributed by atoms with Gasteiger partial charge in [-0.15, -0.1) is 0 Å². The highest BCUT2D eigenvalue weighted by Crippen LogP contribution is 2.34. The lowest BCUT2D eigenvalue weighted by Crippen LogP contribution is -2.18. The number of fused-ring (bicyclic) bond motifs is 1. The van der Waals surface area contributed by atoms with Crippen LogP contribution in [0.5, 0.6) is 0 Å². The molecule has 0 aliphatic heterocycles. The fourth-order valence-corrected chi connectivity index (χ4v) is 4.38. The lowest BCUT2D eigenvalue weighted by Gasteiger charge is -2.27. The SMILES string of the molecule is CC(C)c1ccnc(-c2nc3nc(C#N)nc(Cl)c3n2C[C@H]2CC[C@H](C)CC2)c1. The fraction of sp³-hybridized carbons (Fsp3) is 0.500. The Labute approximate surface area is 176 Å². The molecule has 1 aliphatic rings. The van der Waals surface area contributed by atoms with E-state index in [1.165, 1.54) is 31.2 Å². The number of pyridine rings is 1. The molecule has 0 spiro atoms. The molecule has 3 aromatic heterocycles. The van der Waals surface area contributed by atoms with Crippen LogP contribution in [-0.2, 0) is 6.54 Å². The Kier molecular flexibility index (Phi) is 5.51. The summed E-state index contributed by atoms with van der Waals surface area (Å²) in [5.41, 5.74) is 3.15. The van der Waals surface area contributed by atoms with Gasteiger partial charge in [-0.25, -0.2) is 9.97 Å². The second kappa shape index (κ2) is 8.08. The van der Waals surface area contributed by atoms with Crippen LogP contribution in [-0.4, -0.2) is 24.5 Å². The summed E-state index contributed by atoms with van der Waals surface area (Å²) in [7, 11) is 0. The average molecular weight is 409 g/mol. The topological polar surface area (TPSA) is 80.3 Å². The molecule has 0 unspecified atom stereocenters. The first-order valence-corrected chi connectivity index (χ1v) is 10.6. The summed E-state index contributed by atoms with van der Waals surface area (Å²) in [5.74, 6) is 2.52. The number of rotatable bonds is 4. The molecule has 3 aromatic rings. The van der Waals surface area contributed by atoms with E-state index in [0.29, 0.717) is 23.0 Å². The van der Waals surface area contributed by atoms with Gasteiger partial charge >= 0.3 is 0 Å². The van der Waals surface area contributed by atoms with Crippen LogP contribution < -0.4 is 0 Å². The van der Waals surface area contributed by atoms with Crippen molar-refractivity contribution in [3.05, 3.63) is 34.9 Å². The van der Waals surface area contributed by atoms with E-state index in [4.69, 9.17) is 16.6 Å². The second-order valence-corrected chi connectivity index (χ2v) is 8.78. The van der Waals surface area contributed by atoms with Crippen molar-refractivity contribution in [2.24, 2.45) is 11.8 Å². The standard InChI is InChI=1S/C22H25ClN6/c1-13(2)16-8-9-25-17(10-16)22-28-21-19(20(23)26-18(11-24)27-21)29(22)12-15-6-4-14(3)5-7-15/h8-10,13-15H,4-7,12H2,1-3H3/t14-,15-. The molecule has 150 valence electrons. The molecule has 0 amide bonds. The molecular weight excluding hydrogens is 384 g/mol. The zero-order valence-electron chi connectivity index (χ0n) is 17.1. The van der Waals surface area contributed by atoms with Crippen molar-refractivity contribution in [2.45, 2.75) is 58.9 Å². The van der Waals surface area contributed by atoms with Crippen molar-refractivity contribution in [3.63, 3.8) is 0 Å². The van der Waals surface area contributed by atoms with E-state index in [9.17, 15) is 5.26 Å². The van der Waals surface area contributed by atoms with Crippen LogP contribution in [0.1, 0.15) is 63.8 Å². The first-order chi connectivity index (χ1) is 14.0. The fourth-order valence-electron chi connectivity index (χ4n) is 4.11. The molecule has 3 heterocycles. The molecule has 0 atom stereocenters. The number of hydrogen-bond donors (Lipinski definition) is 0. The first-order valence-electron chi connectivity index (χ1n) is 10.3. The Morgan fingerprint density at radius 2 is 1.97 bits per heavy atom. The van der Waals surface area contributed by atoms with Crippen molar-refractivity contribution in [2.75, 3.05) is 0 Å². The van der Waals surface area contributed by atoms with Gasteiger partial charge in [0.25, 0.3) is 0 Å². The summed E-state index contributed by atoms with van der Waals surface area (Å²) in [5, 5.41) is 9.49. The molecule has 6 nitrogen and oxygen atoms in total. The molecule has 0 aromatic carbocycles. The van der Waals surface area contributed by atoms with Crippen molar-refractivity contribution >= 4 is 22.8 Å². The summed E-state index contributed by atoms with van der Waals surface area (Å²) >= 11 is 6.49. The third kappa shape index (κ3) is 3.97. The molecule has 1 aliphatic carbocycles. The van der Waals surface area contributed by atoms with Crippen LogP contribution in [0.2, 0.25) is 5.15 Å². The quantitative estimate of drug-likeness (QED) is 0.542. The summed E-state index contributed by atoms with van der Waals surface area (Å²) in [6.45, 7) is 7.45. The zero-order valence-corrected chi connectivity index (χ0v) is 17.8. The lowest BCUT2D eigenvalue weighted by atomic mass is 9.83. The van der Waals surface area contributed by atoms with Gasteiger partial charge in [-0.3, -0.25) is 4.98 Å². The number of imidazole rings is 1. The van der Waals surface area contributed by atoms with Crippen molar-refractivity contribution < 1.29 is 0 Å². The van der Waals surface area contributed by atoms with Gasteiger partial charge in [0.2, 0.25) is 5.82 Å². The van der Waals surface area contributed by atoms with Crippen molar-refractivity contribution in [1.82, 2.24) is 24.5 Å². The summed E-state index contributed by atoms with van der Waals surface area (Å²) < 4.78 is 2.12. The summed E-state index contributed by atoms with van der Waals surface area (Å²) in [6.07, 6.45) is 6.70. The maximum Gasteiger partial charge on any atom is 0.235 e. The van der Waals surface area contributed by atoms with E-state index in [2.05, 4.69) is 46.4 Å². The molecule has 1 saturated carbocycles. The van der Waals surface area contributed by atoms with E-state index in [1.54, 1.807) is 0 Å². The minimum Gasteiger partial charge on any atom is -0.318 e. The number of nitrogens with zero attached hydrogens (tertiary/aromatic N) is 6. The van der Waals surface area contributed by atoms with Crippen LogP contribution >= 0.6 is 11.6 Å². The molecule has 0 saturated heterocycles. The molecule has 0 radical (unpaired) electrons. The predicted molar refractivity (Wildman–Crippen MR) is 113 cm³/mol. The van der Waals surface area contributed by atoms with Gasteiger partial charge in [-0.1, -0.05) is 45.2 Å². The van der Waals surface area contributed by atoms with E-state index >= 15 is 0 Å². The smallest absolute Gasteiger partial charge is 0.235 e. The van der Waals surface area contributed by atoms with Crippen LogP contribution in [0.3, 0.4) is 0 Å². The van der Waals surface area contributed by atoms with E-state index in [0.717, 1.165) is 24.0 Å². The van der Waals surface area contributed by atoms with Crippen LogP contribution in [0.15, 0.2) is 18.3 Å².